The van der Waals surface area contributed by atoms with Gasteiger partial charge in [-0.2, -0.15) is 0 Å². The molecular weight excluding hydrogens is 534 g/mol. The van der Waals surface area contributed by atoms with Crippen LogP contribution in [0.3, 0.4) is 0 Å². The number of nitrogens with zero attached hydrogens (tertiary/aromatic N) is 1. The summed E-state index contributed by atoms with van der Waals surface area (Å²) in [6.07, 6.45) is 4.13. The summed E-state index contributed by atoms with van der Waals surface area (Å²) < 4.78 is 11.5. The normalized spacial score (nSPS) is 12.7. The molecule has 9 heteroatoms. The summed E-state index contributed by atoms with van der Waals surface area (Å²) in [6.45, 7) is 2.79. The van der Waals surface area contributed by atoms with Gasteiger partial charge in [0.25, 0.3) is 0 Å². The molecule has 1 aliphatic rings. The number of hydrogen-bond acceptors (Lipinski definition) is 7. The minimum absolute atomic E-state index is 0.00878. The van der Waals surface area contributed by atoms with Gasteiger partial charge in [-0.25, -0.2) is 5.48 Å². The zero-order chi connectivity index (χ0) is 29.6. The number of unbranched alkanes of at least 4 members (excludes halogenated alkanes) is 3. The first-order valence-electron chi connectivity index (χ1n) is 14.3. The zero-order valence-corrected chi connectivity index (χ0v) is 23.6. The molecular formula is C33H37N3O6. The van der Waals surface area contributed by atoms with Crippen LogP contribution in [-0.4, -0.2) is 43.3 Å². The Bertz CT molecular complexity index is 1480. The largest absolute Gasteiger partial charge is 0.440 e. The Morgan fingerprint density at radius 1 is 0.786 bits per heavy atom. The minimum atomic E-state index is -0.359. The maximum Gasteiger partial charge on any atom is 0.243 e. The van der Waals surface area contributed by atoms with Crippen LogP contribution in [0.5, 0.6) is 0 Å². The third-order valence-corrected chi connectivity index (χ3v) is 6.89. The van der Waals surface area contributed by atoms with Gasteiger partial charge in [0.15, 0.2) is 11.3 Å². The summed E-state index contributed by atoms with van der Waals surface area (Å²) in [6, 6.07) is 26.6. The number of para-hydroxylation sites is 2. The summed E-state index contributed by atoms with van der Waals surface area (Å²) in [4.78, 5) is 36.9. The fourth-order valence-corrected chi connectivity index (χ4v) is 4.68. The van der Waals surface area contributed by atoms with Crippen molar-refractivity contribution in [2.75, 3.05) is 36.5 Å². The first-order chi connectivity index (χ1) is 20.5. The van der Waals surface area contributed by atoms with Crippen LogP contribution in [0.25, 0.3) is 22.1 Å². The highest BCUT2D eigenvalue weighted by Crippen LogP contribution is 2.30. The van der Waals surface area contributed by atoms with E-state index in [9.17, 15) is 14.4 Å². The number of nitrogens with one attached hydrogen (secondary N) is 2. The maximum absolute atomic E-state index is 12.5. The molecule has 0 radical (unpaired) electrons. The number of anilines is 2. The van der Waals surface area contributed by atoms with Gasteiger partial charge < -0.3 is 19.4 Å². The highest BCUT2D eigenvalue weighted by molar-refractivity contribution is 5.92. The van der Waals surface area contributed by atoms with Crippen LogP contribution in [0.1, 0.15) is 38.5 Å². The van der Waals surface area contributed by atoms with E-state index in [1.165, 1.54) is 0 Å². The van der Waals surface area contributed by atoms with Crippen molar-refractivity contribution < 1.29 is 24.0 Å². The van der Waals surface area contributed by atoms with Crippen molar-refractivity contribution in [2.24, 2.45) is 0 Å². The molecule has 42 heavy (non-hydrogen) atoms. The number of ether oxygens (including phenoxy) is 1. The lowest BCUT2D eigenvalue weighted by atomic mass is 10.0. The second-order valence-electron chi connectivity index (χ2n) is 9.96. The molecule has 3 N–H and O–H groups in total. The van der Waals surface area contributed by atoms with Crippen LogP contribution in [-0.2, 0) is 14.3 Å². The predicted octanol–water partition coefficient (Wildman–Crippen LogP) is 5.77. The number of carbonyl (C=O) groups is 2. The zero-order valence-electron chi connectivity index (χ0n) is 23.6. The Morgan fingerprint density at radius 3 is 2.10 bits per heavy atom. The average molecular weight is 572 g/mol. The number of hydroxylamine groups is 1. The Labute approximate surface area is 245 Å². The monoisotopic (exact) mass is 571 g/mol. The molecule has 4 aromatic rings. The predicted molar refractivity (Wildman–Crippen MR) is 164 cm³/mol. The Morgan fingerprint density at radius 2 is 1.43 bits per heavy atom. The molecule has 0 saturated carbocycles. The van der Waals surface area contributed by atoms with Crippen molar-refractivity contribution in [1.29, 1.82) is 0 Å². The molecule has 1 aromatic heterocycles. The molecule has 0 atom stereocenters. The van der Waals surface area contributed by atoms with Crippen LogP contribution in [0.2, 0.25) is 0 Å². The summed E-state index contributed by atoms with van der Waals surface area (Å²) in [5.41, 5.74) is 5.03. The number of hydrogen-bond donors (Lipinski definition) is 3. The Hall–Kier alpha value is -4.47. The lowest BCUT2D eigenvalue weighted by Crippen LogP contribution is -2.36. The van der Waals surface area contributed by atoms with Gasteiger partial charge in [0.2, 0.25) is 11.8 Å². The summed E-state index contributed by atoms with van der Waals surface area (Å²) in [7, 11) is 0. The molecule has 2 heterocycles. The highest BCUT2D eigenvalue weighted by atomic mass is 16.5. The van der Waals surface area contributed by atoms with E-state index < -0.39 is 0 Å². The molecule has 1 saturated heterocycles. The third kappa shape index (κ3) is 9.02. The number of fused-ring (bicyclic) bond motifs is 1. The van der Waals surface area contributed by atoms with Gasteiger partial charge in [-0.3, -0.25) is 19.6 Å². The first kappa shape index (κ1) is 30.5. The van der Waals surface area contributed by atoms with E-state index in [2.05, 4.69) is 10.2 Å². The van der Waals surface area contributed by atoms with Crippen molar-refractivity contribution in [1.82, 2.24) is 5.48 Å². The van der Waals surface area contributed by atoms with Gasteiger partial charge in [-0.15, -0.1) is 0 Å². The van der Waals surface area contributed by atoms with Gasteiger partial charge >= 0.3 is 0 Å². The third-order valence-electron chi connectivity index (χ3n) is 6.89. The van der Waals surface area contributed by atoms with Gasteiger partial charge in [-0.05, 0) is 36.6 Å². The summed E-state index contributed by atoms with van der Waals surface area (Å²) >= 11 is 0. The SMILES string of the molecule is O=C(CCCCCCC(=O)Nc1ccccc1)NO.O=c1cc(N2CCOCC2)oc2c(-c3ccccc3)cccc12. The van der Waals surface area contributed by atoms with Gasteiger partial charge in [0.1, 0.15) is 5.58 Å². The highest BCUT2D eigenvalue weighted by Gasteiger charge is 2.17. The number of rotatable bonds is 10. The minimum Gasteiger partial charge on any atom is -0.440 e. The second-order valence-corrected chi connectivity index (χ2v) is 9.96. The molecule has 2 amide bonds. The number of carbonyl (C=O) groups excluding carboxylic acids is 2. The van der Waals surface area contributed by atoms with Crippen molar-refractivity contribution in [3.8, 4) is 11.1 Å². The average Bonchev–Trinajstić information content (AvgIpc) is 3.04. The lowest BCUT2D eigenvalue weighted by molar-refractivity contribution is -0.129. The van der Waals surface area contributed by atoms with Crippen molar-refractivity contribution >= 4 is 34.4 Å². The number of amides is 2. The quantitative estimate of drug-likeness (QED) is 0.126. The molecule has 5 rings (SSSR count). The molecule has 220 valence electrons. The van der Waals surface area contributed by atoms with Crippen LogP contribution in [0, 0.1) is 0 Å². The number of morpholine rings is 1. The maximum atomic E-state index is 12.5. The molecule has 1 aliphatic heterocycles. The van der Waals surface area contributed by atoms with E-state index in [-0.39, 0.29) is 17.2 Å². The smallest absolute Gasteiger partial charge is 0.243 e. The molecule has 0 spiro atoms. The standard InChI is InChI=1S/C19H17NO3.C14H20N2O3/c21-17-13-18(20-9-11-22-12-10-20)23-19-15(7-4-8-16(17)19)14-5-2-1-3-6-14;17-13(15-12-8-4-3-5-9-12)10-6-1-2-7-11-14(18)16-19/h1-8,13H,9-12H2;3-5,8-9,19H,1-2,6-7,10-11H2,(H,15,17)(H,16,18). The molecule has 0 aliphatic carbocycles. The second kappa shape index (κ2) is 16.1. The molecule has 1 fully saturated rings. The van der Waals surface area contributed by atoms with Gasteiger partial charge in [0.05, 0.1) is 18.6 Å². The fraction of sp³-hybridized carbons (Fsp3) is 0.303. The summed E-state index contributed by atoms with van der Waals surface area (Å²) in [5.74, 6) is 0.273. The van der Waals surface area contributed by atoms with Crippen molar-refractivity contribution in [3.63, 3.8) is 0 Å². The van der Waals surface area contributed by atoms with E-state index in [1.54, 1.807) is 11.5 Å². The van der Waals surface area contributed by atoms with E-state index in [1.807, 2.05) is 78.9 Å². The topological polar surface area (TPSA) is 121 Å². The van der Waals surface area contributed by atoms with Gasteiger partial charge in [0, 0.05) is 43.2 Å². The van der Waals surface area contributed by atoms with E-state index >= 15 is 0 Å². The van der Waals surface area contributed by atoms with Crippen LogP contribution in [0.15, 0.2) is 94.1 Å². The number of benzene rings is 3. The van der Waals surface area contributed by atoms with E-state index in [4.69, 9.17) is 14.4 Å². The van der Waals surface area contributed by atoms with Crippen molar-refractivity contribution in [2.45, 2.75) is 38.5 Å². The molecule has 0 unspecified atom stereocenters. The Balaban J connectivity index is 0.000000198. The van der Waals surface area contributed by atoms with E-state index in [0.29, 0.717) is 42.9 Å². The van der Waals surface area contributed by atoms with Crippen LogP contribution < -0.4 is 21.1 Å². The molecule has 3 aromatic carbocycles. The van der Waals surface area contributed by atoms with Gasteiger partial charge in [-0.1, -0.05) is 73.5 Å². The Kier molecular flexibility index (Phi) is 11.7. The fourth-order valence-electron chi connectivity index (χ4n) is 4.68. The first-order valence-corrected chi connectivity index (χ1v) is 14.3. The molecule has 9 nitrogen and oxygen atoms in total. The van der Waals surface area contributed by atoms with Crippen LogP contribution >= 0.6 is 0 Å². The van der Waals surface area contributed by atoms with Crippen molar-refractivity contribution in [3.05, 3.63) is 95.2 Å². The van der Waals surface area contributed by atoms with E-state index in [0.717, 1.165) is 55.6 Å². The van der Waals surface area contributed by atoms with Crippen LogP contribution in [0.4, 0.5) is 11.6 Å². The molecule has 0 bridgehead atoms. The lowest BCUT2D eigenvalue weighted by Gasteiger charge is -2.27. The summed E-state index contributed by atoms with van der Waals surface area (Å²) in [5, 5.41) is 11.7.